The molecule has 2 aromatic rings. The molecule has 0 bridgehead atoms. The minimum absolute atomic E-state index is 0.0959. The van der Waals surface area contributed by atoms with Crippen LogP contribution in [-0.2, 0) is 13.0 Å². The number of anilines is 1. The highest BCUT2D eigenvalue weighted by molar-refractivity contribution is 9.10. The van der Waals surface area contributed by atoms with Gasteiger partial charge >= 0.3 is 0 Å². The van der Waals surface area contributed by atoms with Gasteiger partial charge in [0.15, 0.2) is 5.82 Å². The Hall–Kier alpha value is -1.70. The largest absolute Gasteiger partial charge is 0.382 e. The molecule has 0 spiro atoms. The van der Waals surface area contributed by atoms with E-state index in [1.54, 1.807) is 6.20 Å². The van der Waals surface area contributed by atoms with Crippen LogP contribution >= 0.6 is 15.9 Å². The van der Waals surface area contributed by atoms with Gasteiger partial charge in [0.05, 0.1) is 11.9 Å². The molecule has 0 aromatic carbocycles. The fourth-order valence-corrected chi connectivity index (χ4v) is 2.32. The molecule has 1 fully saturated rings. The van der Waals surface area contributed by atoms with Gasteiger partial charge in [-0.3, -0.25) is 4.79 Å². The summed E-state index contributed by atoms with van der Waals surface area (Å²) in [7, 11) is 0. The Morgan fingerprint density at radius 1 is 1.50 bits per heavy atom. The molecule has 0 saturated heterocycles. The van der Waals surface area contributed by atoms with Crippen molar-refractivity contribution in [1.82, 2.24) is 19.9 Å². The van der Waals surface area contributed by atoms with Crippen LogP contribution in [0.5, 0.6) is 0 Å². The smallest absolute Gasteiger partial charge is 0.283 e. The highest BCUT2D eigenvalue weighted by Crippen LogP contribution is 2.30. The second-order valence-electron chi connectivity index (χ2n) is 4.83. The Balaban J connectivity index is 1.64. The van der Waals surface area contributed by atoms with E-state index in [0.29, 0.717) is 41.4 Å². The van der Waals surface area contributed by atoms with Crippen LogP contribution in [0.1, 0.15) is 18.7 Å². The quantitative estimate of drug-likeness (QED) is 0.857. The van der Waals surface area contributed by atoms with E-state index in [1.807, 2.05) is 0 Å². The van der Waals surface area contributed by atoms with Crippen LogP contribution in [-0.4, -0.2) is 26.5 Å². The van der Waals surface area contributed by atoms with Crippen molar-refractivity contribution in [2.45, 2.75) is 25.8 Å². The normalized spacial score (nSPS) is 14.4. The zero-order valence-electron chi connectivity index (χ0n) is 10.8. The summed E-state index contributed by atoms with van der Waals surface area (Å²) in [5.41, 5.74) is 0.590. The van der Waals surface area contributed by atoms with Gasteiger partial charge in [-0.1, -0.05) is 5.16 Å². The Kier molecular flexibility index (Phi) is 3.81. The summed E-state index contributed by atoms with van der Waals surface area (Å²) in [6.45, 7) is 1.31. The lowest BCUT2D eigenvalue weighted by Gasteiger charge is -2.09. The van der Waals surface area contributed by atoms with Crippen LogP contribution in [0, 0.1) is 5.92 Å². The number of nitrogens with one attached hydrogen (secondary N) is 1. The second-order valence-corrected chi connectivity index (χ2v) is 5.62. The van der Waals surface area contributed by atoms with Gasteiger partial charge in [-0.25, -0.2) is 4.68 Å². The molecule has 1 aliphatic rings. The average molecular weight is 340 g/mol. The zero-order chi connectivity index (χ0) is 13.9. The predicted molar refractivity (Wildman–Crippen MR) is 75.4 cm³/mol. The third kappa shape index (κ3) is 3.06. The van der Waals surface area contributed by atoms with Gasteiger partial charge in [-0.05, 0) is 34.7 Å². The monoisotopic (exact) mass is 339 g/mol. The summed E-state index contributed by atoms with van der Waals surface area (Å²) in [5, 5.41) is 11.1. The van der Waals surface area contributed by atoms with Crippen molar-refractivity contribution in [1.29, 1.82) is 0 Å². The minimum atomic E-state index is -0.0959. The summed E-state index contributed by atoms with van der Waals surface area (Å²) in [6, 6.07) is 0. The average Bonchev–Trinajstić information content (AvgIpc) is 3.11. The lowest BCUT2D eigenvalue weighted by molar-refractivity contribution is 0.410. The molecule has 8 heteroatoms. The highest BCUT2D eigenvalue weighted by atomic mass is 79.9. The van der Waals surface area contributed by atoms with Crippen molar-refractivity contribution >= 4 is 21.6 Å². The summed E-state index contributed by atoms with van der Waals surface area (Å²) in [5.74, 6) is 1.24. The summed E-state index contributed by atoms with van der Waals surface area (Å²) in [4.78, 5) is 16.0. The molecule has 0 atom stereocenters. The van der Waals surface area contributed by atoms with Crippen LogP contribution in [0.3, 0.4) is 0 Å². The zero-order valence-corrected chi connectivity index (χ0v) is 12.3. The first kappa shape index (κ1) is 13.3. The molecule has 1 saturated carbocycles. The number of aromatic nitrogens is 4. The molecular formula is C12H14BrN5O2. The summed E-state index contributed by atoms with van der Waals surface area (Å²) >= 11 is 3.33. The van der Waals surface area contributed by atoms with E-state index in [1.165, 1.54) is 23.9 Å². The van der Waals surface area contributed by atoms with Crippen molar-refractivity contribution in [2.75, 3.05) is 11.9 Å². The lowest BCUT2D eigenvalue weighted by Crippen LogP contribution is -2.25. The molecule has 1 aliphatic carbocycles. The fourth-order valence-electron chi connectivity index (χ4n) is 1.87. The molecule has 7 nitrogen and oxygen atoms in total. The molecule has 20 heavy (non-hydrogen) atoms. The Bertz CT molecular complexity index is 636. The van der Waals surface area contributed by atoms with E-state index in [4.69, 9.17) is 0 Å². The van der Waals surface area contributed by atoms with Gasteiger partial charge in [0, 0.05) is 19.5 Å². The number of nitrogens with zero attached hydrogens (tertiary/aromatic N) is 4. The van der Waals surface area contributed by atoms with Gasteiger partial charge in [0.1, 0.15) is 4.47 Å². The van der Waals surface area contributed by atoms with E-state index in [2.05, 4.69) is 41.0 Å². The van der Waals surface area contributed by atoms with E-state index in [9.17, 15) is 4.79 Å². The molecule has 0 unspecified atom stereocenters. The standard InChI is InChI=1S/C12H14BrN5O2/c13-11-9(14-4-3-10-15-7-20-17-10)5-16-18(12(11)19)6-8-1-2-8/h5,7-8,14H,1-4,6H2. The number of hydrogen-bond donors (Lipinski definition) is 1. The van der Waals surface area contributed by atoms with Crippen molar-refractivity contribution in [3.8, 4) is 0 Å². The summed E-state index contributed by atoms with van der Waals surface area (Å²) in [6.07, 6.45) is 5.97. The molecule has 3 rings (SSSR count). The van der Waals surface area contributed by atoms with Crippen molar-refractivity contribution in [3.05, 3.63) is 33.2 Å². The first-order chi connectivity index (χ1) is 9.74. The van der Waals surface area contributed by atoms with Crippen LogP contribution < -0.4 is 10.9 Å². The van der Waals surface area contributed by atoms with Gasteiger partial charge in [-0.2, -0.15) is 10.1 Å². The number of halogens is 1. The topological polar surface area (TPSA) is 85.8 Å². The van der Waals surface area contributed by atoms with Gasteiger partial charge in [0.25, 0.3) is 5.56 Å². The molecule has 0 radical (unpaired) electrons. The van der Waals surface area contributed by atoms with Crippen LogP contribution in [0.25, 0.3) is 0 Å². The molecule has 0 aliphatic heterocycles. The maximum Gasteiger partial charge on any atom is 0.283 e. The third-order valence-corrected chi connectivity index (χ3v) is 3.95. The SMILES string of the molecule is O=c1c(Br)c(NCCc2ncon2)cnn1CC1CC1. The van der Waals surface area contributed by atoms with Gasteiger partial charge < -0.3 is 9.84 Å². The van der Waals surface area contributed by atoms with Crippen LogP contribution in [0.15, 0.2) is 26.4 Å². The fraction of sp³-hybridized carbons (Fsp3) is 0.500. The number of rotatable bonds is 6. The Labute approximate surface area is 123 Å². The molecule has 106 valence electrons. The Morgan fingerprint density at radius 2 is 2.35 bits per heavy atom. The number of hydrogen-bond acceptors (Lipinski definition) is 6. The molecule has 2 aromatic heterocycles. The van der Waals surface area contributed by atoms with E-state index in [0.717, 1.165) is 0 Å². The van der Waals surface area contributed by atoms with Crippen LogP contribution in [0.2, 0.25) is 0 Å². The Morgan fingerprint density at radius 3 is 3.05 bits per heavy atom. The van der Waals surface area contributed by atoms with Gasteiger partial charge in [-0.15, -0.1) is 0 Å². The van der Waals surface area contributed by atoms with E-state index in [-0.39, 0.29) is 5.56 Å². The second kappa shape index (κ2) is 5.74. The summed E-state index contributed by atoms with van der Waals surface area (Å²) < 4.78 is 6.69. The first-order valence-electron chi connectivity index (χ1n) is 6.49. The first-order valence-corrected chi connectivity index (χ1v) is 7.28. The molecule has 2 heterocycles. The minimum Gasteiger partial charge on any atom is -0.382 e. The van der Waals surface area contributed by atoms with Crippen LogP contribution in [0.4, 0.5) is 5.69 Å². The van der Waals surface area contributed by atoms with E-state index >= 15 is 0 Å². The highest BCUT2D eigenvalue weighted by Gasteiger charge is 2.23. The molecule has 0 amide bonds. The van der Waals surface area contributed by atoms with Gasteiger partial charge in [0.2, 0.25) is 6.39 Å². The van der Waals surface area contributed by atoms with Crippen molar-refractivity contribution < 1.29 is 4.52 Å². The molecular weight excluding hydrogens is 326 g/mol. The molecule has 1 N–H and O–H groups in total. The van der Waals surface area contributed by atoms with Crippen molar-refractivity contribution in [2.24, 2.45) is 5.92 Å². The lowest BCUT2D eigenvalue weighted by atomic mass is 10.3. The third-order valence-electron chi connectivity index (χ3n) is 3.18. The maximum absolute atomic E-state index is 12.1. The van der Waals surface area contributed by atoms with E-state index < -0.39 is 0 Å². The predicted octanol–water partition coefficient (Wildman–Crippen LogP) is 1.45. The van der Waals surface area contributed by atoms with Crippen molar-refractivity contribution in [3.63, 3.8) is 0 Å². The maximum atomic E-state index is 12.1.